The van der Waals surface area contributed by atoms with Crippen LogP contribution in [0.25, 0.3) is 0 Å². The molecule has 0 fully saturated rings. The molecular formula is C51H99NO5. The molecule has 0 aromatic rings. The molecule has 0 saturated heterocycles. The van der Waals surface area contributed by atoms with Crippen molar-refractivity contribution in [1.29, 1.82) is 0 Å². The van der Waals surface area contributed by atoms with Gasteiger partial charge in [0.1, 0.15) is 0 Å². The maximum Gasteiger partial charge on any atom is 0.305 e. The van der Waals surface area contributed by atoms with Crippen LogP contribution < -0.4 is 5.32 Å². The third kappa shape index (κ3) is 44.0. The molecule has 338 valence electrons. The van der Waals surface area contributed by atoms with Gasteiger partial charge in [-0.3, -0.25) is 9.59 Å². The number of carbonyl (C=O) groups excluding carboxylic acids is 2. The molecule has 6 heteroatoms. The van der Waals surface area contributed by atoms with E-state index >= 15 is 0 Å². The fraction of sp³-hybridized carbons (Fsp3) is 0.922. The number of carbonyl (C=O) groups is 2. The molecule has 0 bridgehead atoms. The third-order valence-corrected chi connectivity index (χ3v) is 11.8. The van der Waals surface area contributed by atoms with Crippen molar-refractivity contribution in [3.63, 3.8) is 0 Å². The van der Waals surface area contributed by atoms with Gasteiger partial charge in [0.15, 0.2) is 0 Å². The number of allylic oxidation sites excluding steroid dienone is 1. The number of esters is 1. The highest BCUT2D eigenvalue weighted by atomic mass is 16.5. The third-order valence-electron chi connectivity index (χ3n) is 11.8. The van der Waals surface area contributed by atoms with Gasteiger partial charge in [-0.2, -0.15) is 0 Å². The molecule has 0 heterocycles. The number of nitrogens with one attached hydrogen (secondary N) is 1. The SMILES string of the molecule is CCCCCCCCC/C=C/C(O)C(CO)NC(=O)CCCCCCCCCCCCCCCCCCCCOC(=O)CCCCCCCCCCCCCCC. The van der Waals surface area contributed by atoms with E-state index in [0.29, 0.717) is 19.4 Å². The van der Waals surface area contributed by atoms with Gasteiger partial charge in [-0.25, -0.2) is 0 Å². The number of rotatable bonds is 47. The molecule has 2 atom stereocenters. The second kappa shape index (κ2) is 47.3. The van der Waals surface area contributed by atoms with Crippen LogP contribution in [0.15, 0.2) is 12.2 Å². The molecule has 0 rings (SSSR count). The fourth-order valence-corrected chi connectivity index (χ4v) is 7.87. The Labute approximate surface area is 355 Å². The summed E-state index contributed by atoms with van der Waals surface area (Å²) in [5.74, 6) is -0.0666. The average Bonchev–Trinajstić information content (AvgIpc) is 3.21. The van der Waals surface area contributed by atoms with Crippen molar-refractivity contribution in [2.75, 3.05) is 13.2 Å². The molecule has 0 aliphatic heterocycles. The Morgan fingerprint density at radius 2 is 0.807 bits per heavy atom. The van der Waals surface area contributed by atoms with E-state index in [1.54, 1.807) is 6.08 Å². The number of hydrogen-bond donors (Lipinski definition) is 3. The van der Waals surface area contributed by atoms with Gasteiger partial charge in [-0.1, -0.05) is 244 Å². The Kier molecular flexibility index (Phi) is 46.1. The van der Waals surface area contributed by atoms with Gasteiger partial charge in [0.25, 0.3) is 0 Å². The molecule has 0 radical (unpaired) electrons. The molecule has 0 aromatic heterocycles. The van der Waals surface area contributed by atoms with E-state index in [1.807, 2.05) is 6.08 Å². The summed E-state index contributed by atoms with van der Waals surface area (Å²) < 4.78 is 5.46. The van der Waals surface area contributed by atoms with Gasteiger partial charge in [0, 0.05) is 12.8 Å². The predicted octanol–water partition coefficient (Wildman–Crippen LogP) is 15.0. The molecule has 0 spiro atoms. The monoisotopic (exact) mass is 806 g/mol. The van der Waals surface area contributed by atoms with Crippen LogP contribution >= 0.6 is 0 Å². The van der Waals surface area contributed by atoms with Crippen LogP contribution in [0.5, 0.6) is 0 Å². The lowest BCUT2D eigenvalue weighted by Gasteiger charge is -2.20. The molecule has 57 heavy (non-hydrogen) atoms. The summed E-state index contributed by atoms with van der Waals surface area (Å²) in [6.45, 7) is 4.87. The van der Waals surface area contributed by atoms with Crippen molar-refractivity contribution in [3.8, 4) is 0 Å². The van der Waals surface area contributed by atoms with Crippen molar-refractivity contribution in [2.24, 2.45) is 0 Å². The highest BCUT2D eigenvalue weighted by Gasteiger charge is 2.18. The Balaban J connectivity index is 3.39. The van der Waals surface area contributed by atoms with E-state index in [0.717, 1.165) is 38.5 Å². The number of unbranched alkanes of at least 4 members (excludes halogenated alkanes) is 36. The standard InChI is InChI=1S/C51H99NO5/c1-3-5-7-9-11-13-14-21-25-29-33-37-41-45-51(56)57-46-42-38-34-30-26-23-20-18-16-15-17-19-22-24-28-32-36-40-44-50(55)52-48(47-53)49(54)43-39-35-31-27-12-10-8-6-4-2/h39,43,48-49,53-54H,3-38,40-42,44-47H2,1-2H3,(H,52,55)/b43-39+. The van der Waals surface area contributed by atoms with Gasteiger partial charge < -0.3 is 20.3 Å². The first kappa shape index (κ1) is 55.6. The number of amides is 1. The van der Waals surface area contributed by atoms with E-state index in [9.17, 15) is 19.8 Å². The summed E-state index contributed by atoms with van der Waals surface area (Å²) in [5, 5.41) is 22.9. The molecule has 3 N–H and O–H groups in total. The zero-order valence-electron chi connectivity index (χ0n) is 38.3. The van der Waals surface area contributed by atoms with Crippen LogP contribution in [-0.4, -0.2) is 47.4 Å². The molecular weight excluding hydrogens is 707 g/mol. The first-order valence-electron chi connectivity index (χ1n) is 25.5. The Morgan fingerprint density at radius 3 is 1.19 bits per heavy atom. The normalized spacial score (nSPS) is 12.7. The molecule has 0 aliphatic rings. The number of hydrogen-bond acceptors (Lipinski definition) is 5. The van der Waals surface area contributed by atoms with E-state index in [1.165, 1.54) is 212 Å². The predicted molar refractivity (Wildman–Crippen MR) is 246 cm³/mol. The second-order valence-corrected chi connectivity index (χ2v) is 17.5. The number of ether oxygens (including phenoxy) is 1. The zero-order valence-corrected chi connectivity index (χ0v) is 38.3. The lowest BCUT2D eigenvalue weighted by Crippen LogP contribution is -2.45. The van der Waals surface area contributed by atoms with E-state index in [-0.39, 0.29) is 18.5 Å². The number of aliphatic hydroxyl groups excluding tert-OH is 2. The minimum absolute atomic E-state index is 0.00769. The Bertz CT molecular complexity index is 847. The van der Waals surface area contributed by atoms with Crippen LogP contribution in [0.2, 0.25) is 0 Å². The molecule has 0 aromatic carbocycles. The molecule has 6 nitrogen and oxygen atoms in total. The summed E-state index contributed by atoms with van der Waals surface area (Å²) in [6.07, 6.45) is 53.6. The van der Waals surface area contributed by atoms with Crippen LogP contribution in [0.1, 0.15) is 277 Å². The van der Waals surface area contributed by atoms with Crippen LogP contribution in [0.3, 0.4) is 0 Å². The van der Waals surface area contributed by atoms with Crippen LogP contribution in [-0.2, 0) is 14.3 Å². The topological polar surface area (TPSA) is 95.9 Å². The van der Waals surface area contributed by atoms with Gasteiger partial charge in [-0.05, 0) is 32.1 Å². The Hall–Kier alpha value is -1.40. The summed E-state index contributed by atoms with van der Waals surface area (Å²) >= 11 is 0. The van der Waals surface area contributed by atoms with Gasteiger partial charge >= 0.3 is 5.97 Å². The van der Waals surface area contributed by atoms with Crippen molar-refractivity contribution in [3.05, 3.63) is 12.2 Å². The Morgan fingerprint density at radius 1 is 0.474 bits per heavy atom. The van der Waals surface area contributed by atoms with E-state index in [4.69, 9.17) is 4.74 Å². The zero-order chi connectivity index (χ0) is 41.5. The quantitative estimate of drug-likeness (QED) is 0.0323. The highest BCUT2D eigenvalue weighted by molar-refractivity contribution is 5.76. The van der Waals surface area contributed by atoms with Crippen molar-refractivity contribution < 1.29 is 24.5 Å². The second-order valence-electron chi connectivity index (χ2n) is 17.5. The minimum atomic E-state index is -0.843. The minimum Gasteiger partial charge on any atom is -0.466 e. The van der Waals surface area contributed by atoms with Gasteiger partial charge in [-0.15, -0.1) is 0 Å². The van der Waals surface area contributed by atoms with Crippen molar-refractivity contribution in [1.82, 2.24) is 5.32 Å². The van der Waals surface area contributed by atoms with E-state index in [2.05, 4.69) is 19.2 Å². The summed E-state index contributed by atoms with van der Waals surface area (Å²) in [5.41, 5.74) is 0. The van der Waals surface area contributed by atoms with Crippen molar-refractivity contribution >= 4 is 11.9 Å². The lowest BCUT2D eigenvalue weighted by molar-refractivity contribution is -0.143. The van der Waals surface area contributed by atoms with Crippen LogP contribution in [0.4, 0.5) is 0 Å². The maximum atomic E-state index is 12.4. The van der Waals surface area contributed by atoms with Gasteiger partial charge in [0.2, 0.25) is 5.91 Å². The van der Waals surface area contributed by atoms with Gasteiger partial charge in [0.05, 0.1) is 25.4 Å². The van der Waals surface area contributed by atoms with Crippen LogP contribution in [0, 0.1) is 0 Å². The van der Waals surface area contributed by atoms with Crippen molar-refractivity contribution in [2.45, 2.75) is 289 Å². The fourth-order valence-electron chi connectivity index (χ4n) is 7.87. The van der Waals surface area contributed by atoms with E-state index < -0.39 is 12.1 Å². The maximum absolute atomic E-state index is 12.4. The largest absolute Gasteiger partial charge is 0.466 e. The smallest absolute Gasteiger partial charge is 0.305 e. The summed E-state index contributed by atoms with van der Waals surface area (Å²) in [6, 6.07) is -0.627. The molecule has 1 amide bonds. The molecule has 0 aliphatic carbocycles. The average molecular weight is 806 g/mol. The lowest BCUT2D eigenvalue weighted by atomic mass is 10.0. The summed E-state index contributed by atoms with van der Waals surface area (Å²) in [7, 11) is 0. The summed E-state index contributed by atoms with van der Waals surface area (Å²) in [4.78, 5) is 24.4. The molecule has 2 unspecified atom stereocenters. The molecule has 0 saturated carbocycles. The first-order valence-corrected chi connectivity index (χ1v) is 25.5. The highest BCUT2D eigenvalue weighted by Crippen LogP contribution is 2.16. The number of aliphatic hydroxyl groups is 2. The first-order chi connectivity index (χ1) is 28.0.